The number of rotatable bonds is 1. The fourth-order valence-corrected chi connectivity index (χ4v) is 1.06. The van der Waals surface area contributed by atoms with Crippen molar-refractivity contribution in [2.45, 2.75) is 0 Å². The van der Waals surface area contributed by atoms with Crippen LogP contribution in [0.2, 0.25) is 5.02 Å². The van der Waals surface area contributed by atoms with Crippen LogP contribution in [0.15, 0.2) is 12.1 Å². The Morgan fingerprint density at radius 1 is 1.46 bits per heavy atom. The molecule has 0 aliphatic carbocycles. The maximum Gasteiger partial charge on any atom is 0.491 e. The molecule has 0 saturated heterocycles. The van der Waals surface area contributed by atoms with Crippen LogP contribution in [0.1, 0.15) is 5.56 Å². The average Bonchev–Trinajstić information content (AvgIpc) is 2.07. The van der Waals surface area contributed by atoms with Crippen LogP contribution in [0.3, 0.4) is 0 Å². The molecule has 0 aliphatic heterocycles. The van der Waals surface area contributed by atoms with E-state index in [2.05, 4.69) is 0 Å². The summed E-state index contributed by atoms with van der Waals surface area (Å²) in [4.78, 5) is 0. The van der Waals surface area contributed by atoms with E-state index in [4.69, 9.17) is 26.9 Å². The van der Waals surface area contributed by atoms with E-state index in [-0.39, 0.29) is 16.0 Å². The van der Waals surface area contributed by atoms with Gasteiger partial charge in [-0.2, -0.15) is 5.26 Å². The van der Waals surface area contributed by atoms with Crippen molar-refractivity contribution < 1.29 is 14.4 Å². The Morgan fingerprint density at radius 3 is 2.54 bits per heavy atom. The number of hydrogen-bond acceptors (Lipinski definition) is 3. The predicted molar refractivity (Wildman–Crippen MR) is 46.0 cm³/mol. The molecule has 2 N–H and O–H groups in total. The number of halogens is 2. The molecule has 0 fully saturated rings. The number of hydrogen-bond donors (Lipinski definition) is 2. The summed E-state index contributed by atoms with van der Waals surface area (Å²) in [6.07, 6.45) is 0. The van der Waals surface area contributed by atoms with Crippen molar-refractivity contribution in [1.82, 2.24) is 0 Å². The largest absolute Gasteiger partial charge is 0.491 e. The molecule has 0 aromatic heterocycles. The molecule has 0 amide bonds. The van der Waals surface area contributed by atoms with Crippen LogP contribution in [0.4, 0.5) is 4.39 Å². The SMILES string of the molecule is N#Cc1cc(F)c(B(O)O)cc1Cl. The maximum absolute atomic E-state index is 12.9. The Morgan fingerprint density at radius 2 is 2.08 bits per heavy atom. The lowest BCUT2D eigenvalue weighted by atomic mass is 9.79. The van der Waals surface area contributed by atoms with Crippen molar-refractivity contribution in [1.29, 1.82) is 5.26 Å². The van der Waals surface area contributed by atoms with Crippen LogP contribution in [0, 0.1) is 17.1 Å². The summed E-state index contributed by atoms with van der Waals surface area (Å²) < 4.78 is 12.9. The van der Waals surface area contributed by atoms with E-state index >= 15 is 0 Å². The van der Waals surface area contributed by atoms with Crippen LogP contribution in [0.5, 0.6) is 0 Å². The molecule has 1 aromatic rings. The number of nitriles is 1. The lowest BCUT2D eigenvalue weighted by molar-refractivity contribution is 0.423. The van der Waals surface area contributed by atoms with E-state index in [1.807, 2.05) is 0 Å². The van der Waals surface area contributed by atoms with Gasteiger partial charge < -0.3 is 10.0 Å². The number of benzene rings is 1. The third-order valence-electron chi connectivity index (χ3n) is 1.48. The zero-order valence-corrected chi connectivity index (χ0v) is 7.09. The zero-order valence-electron chi connectivity index (χ0n) is 6.33. The Balaban J connectivity index is 3.31. The van der Waals surface area contributed by atoms with Crippen LogP contribution in [-0.2, 0) is 0 Å². The van der Waals surface area contributed by atoms with E-state index in [9.17, 15) is 4.39 Å². The molecule has 0 unspecified atom stereocenters. The van der Waals surface area contributed by atoms with Gasteiger partial charge in [-0.05, 0) is 12.1 Å². The van der Waals surface area contributed by atoms with Crippen LogP contribution in [-0.4, -0.2) is 17.2 Å². The van der Waals surface area contributed by atoms with Crippen molar-refractivity contribution in [3.63, 3.8) is 0 Å². The van der Waals surface area contributed by atoms with Gasteiger partial charge in [-0.25, -0.2) is 4.39 Å². The Kier molecular flexibility index (Phi) is 2.88. The summed E-state index contributed by atoms with van der Waals surface area (Å²) in [6, 6.07) is 3.54. The summed E-state index contributed by atoms with van der Waals surface area (Å²) in [6.45, 7) is 0. The molecular weight excluding hydrogens is 195 g/mol. The summed E-state index contributed by atoms with van der Waals surface area (Å²) in [7, 11) is -1.93. The topological polar surface area (TPSA) is 64.2 Å². The van der Waals surface area contributed by atoms with E-state index in [1.165, 1.54) is 0 Å². The highest BCUT2D eigenvalue weighted by molar-refractivity contribution is 6.59. The van der Waals surface area contributed by atoms with Crippen molar-refractivity contribution in [3.05, 3.63) is 28.5 Å². The Labute approximate surface area is 79.1 Å². The first-order chi connectivity index (χ1) is 6.06. The summed E-state index contributed by atoms with van der Waals surface area (Å²) in [5, 5.41) is 25.8. The molecule has 0 atom stereocenters. The van der Waals surface area contributed by atoms with Gasteiger partial charge in [0.1, 0.15) is 11.9 Å². The normalized spacial score (nSPS) is 9.46. The summed E-state index contributed by atoms with van der Waals surface area (Å²) in [5.41, 5.74) is -0.382. The van der Waals surface area contributed by atoms with Gasteiger partial charge in [0.05, 0.1) is 10.6 Å². The third kappa shape index (κ3) is 1.98. The van der Waals surface area contributed by atoms with Gasteiger partial charge in [-0.3, -0.25) is 0 Å². The van der Waals surface area contributed by atoms with Gasteiger partial charge in [0.25, 0.3) is 0 Å². The molecule has 6 heteroatoms. The van der Waals surface area contributed by atoms with Gasteiger partial charge in [0.2, 0.25) is 0 Å². The minimum Gasteiger partial charge on any atom is -0.423 e. The Bertz CT molecular complexity index is 377. The second-order valence-corrected chi connectivity index (χ2v) is 2.75. The van der Waals surface area contributed by atoms with E-state index in [0.717, 1.165) is 12.1 Å². The predicted octanol–water partition coefficient (Wildman–Crippen LogP) is 0.0306. The van der Waals surface area contributed by atoms with E-state index in [1.54, 1.807) is 6.07 Å². The van der Waals surface area contributed by atoms with Gasteiger partial charge >= 0.3 is 7.12 Å². The van der Waals surface area contributed by atoms with Crippen molar-refractivity contribution >= 4 is 24.2 Å². The molecule has 66 valence electrons. The Hall–Kier alpha value is -1.09. The van der Waals surface area contributed by atoms with Crippen molar-refractivity contribution in [2.75, 3.05) is 0 Å². The standard InChI is InChI=1S/C7H4BClFNO2/c9-6-2-5(8(12)13)7(10)1-4(6)3-11/h1-2,12-13H. The minimum absolute atomic E-state index is 0.00741. The van der Waals surface area contributed by atoms with Crippen molar-refractivity contribution in [3.8, 4) is 6.07 Å². The minimum atomic E-state index is -1.93. The summed E-state index contributed by atoms with van der Waals surface area (Å²) in [5.74, 6) is -0.865. The molecule has 3 nitrogen and oxygen atoms in total. The molecule has 0 heterocycles. The van der Waals surface area contributed by atoms with E-state index in [0.29, 0.717) is 0 Å². The van der Waals surface area contributed by atoms with E-state index < -0.39 is 12.9 Å². The molecule has 13 heavy (non-hydrogen) atoms. The molecule has 0 radical (unpaired) electrons. The second-order valence-electron chi connectivity index (χ2n) is 2.34. The third-order valence-corrected chi connectivity index (χ3v) is 1.80. The smallest absolute Gasteiger partial charge is 0.423 e. The quantitative estimate of drug-likeness (QED) is 0.627. The average molecular weight is 199 g/mol. The first-order valence-corrected chi connectivity index (χ1v) is 3.69. The van der Waals surface area contributed by atoms with Gasteiger partial charge in [-0.1, -0.05) is 11.6 Å². The van der Waals surface area contributed by atoms with Gasteiger partial charge in [-0.15, -0.1) is 0 Å². The molecule has 0 bridgehead atoms. The lowest BCUT2D eigenvalue weighted by Gasteiger charge is -2.02. The summed E-state index contributed by atoms with van der Waals surface area (Å²) >= 11 is 5.53. The fourth-order valence-electron chi connectivity index (χ4n) is 0.846. The van der Waals surface area contributed by atoms with Crippen molar-refractivity contribution in [2.24, 2.45) is 0 Å². The first kappa shape index (κ1) is 10.00. The highest BCUT2D eigenvalue weighted by Crippen LogP contribution is 2.14. The monoisotopic (exact) mass is 199 g/mol. The van der Waals surface area contributed by atoms with Crippen LogP contribution >= 0.6 is 11.6 Å². The second kappa shape index (κ2) is 3.75. The zero-order chi connectivity index (χ0) is 10.0. The maximum atomic E-state index is 12.9. The lowest BCUT2D eigenvalue weighted by Crippen LogP contribution is -2.32. The van der Waals surface area contributed by atoms with Crippen LogP contribution < -0.4 is 5.46 Å². The molecule has 0 aliphatic rings. The van der Waals surface area contributed by atoms with Gasteiger partial charge in [0, 0.05) is 5.46 Å². The molecule has 1 aromatic carbocycles. The number of nitrogens with zero attached hydrogens (tertiary/aromatic N) is 1. The molecule has 1 rings (SSSR count). The molecular formula is C7H4BClFNO2. The first-order valence-electron chi connectivity index (χ1n) is 3.31. The van der Waals surface area contributed by atoms with Gasteiger partial charge in [0.15, 0.2) is 0 Å². The molecule has 0 saturated carbocycles. The molecule has 0 spiro atoms. The highest BCUT2D eigenvalue weighted by Gasteiger charge is 2.18. The fraction of sp³-hybridized carbons (Fsp3) is 0. The van der Waals surface area contributed by atoms with Crippen LogP contribution in [0.25, 0.3) is 0 Å². The highest BCUT2D eigenvalue weighted by atomic mass is 35.5.